The average Bonchev–Trinajstić information content (AvgIpc) is 2.53. The third kappa shape index (κ3) is 3.78. The molecule has 2 aromatic carbocycles. The molecule has 3 heteroatoms. The maximum Gasteiger partial charge on any atom is 0.154 e. The topological polar surface area (TPSA) is 39.5 Å². The second-order valence-electron chi connectivity index (χ2n) is 5.22. The number of nitrogens with zero attached hydrogens (tertiary/aromatic N) is 2. The molecule has 108 valence electrons. The summed E-state index contributed by atoms with van der Waals surface area (Å²) >= 11 is 0. The van der Waals surface area contributed by atoms with Crippen LogP contribution in [0.3, 0.4) is 0 Å². The molecule has 0 aliphatic rings. The van der Waals surface area contributed by atoms with Gasteiger partial charge in [-0.3, -0.25) is 5.41 Å². The molecule has 0 bridgehead atoms. The van der Waals surface area contributed by atoms with Crippen LogP contribution in [0, 0.1) is 5.41 Å². The first kappa shape index (κ1) is 15.0. The monoisotopic (exact) mass is 279 g/mol. The maximum atomic E-state index is 8.23. The van der Waals surface area contributed by atoms with Gasteiger partial charge in [0.15, 0.2) is 5.84 Å². The maximum absolute atomic E-state index is 8.23. The van der Waals surface area contributed by atoms with E-state index in [0.29, 0.717) is 6.04 Å². The van der Waals surface area contributed by atoms with Crippen molar-refractivity contribution in [1.29, 1.82) is 5.41 Å². The summed E-state index contributed by atoms with van der Waals surface area (Å²) < 4.78 is 0. The number of aliphatic imine (C=N–C) groups is 1. The molecule has 2 aromatic rings. The van der Waals surface area contributed by atoms with Crippen molar-refractivity contribution in [2.75, 3.05) is 7.05 Å². The Kier molecular flexibility index (Phi) is 4.88. The van der Waals surface area contributed by atoms with E-state index in [0.717, 1.165) is 17.0 Å². The number of amidine groups is 2. The van der Waals surface area contributed by atoms with E-state index in [1.54, 1.807) is 0 Å². The first-order valence-corrected chi connectivity index (χ1v) is 7.10. The molecular formula is C18H21N3. The molecule has 21 heavy (non-hydrogen) atoms. The minimum absolute atomic E-state index is 0.280. The molecule has 1 N–H and O–H groups in total. The van der Waals surface area contributed by atoms with Crippen molar-refractivity contribution < 1.29 is 0 Å². The van der Waals surface area contributed by atoms with Crippen LogP contribution >= 0.6 is 0 Å². The highest BCUT2D eigenvalue weighted by molar-refractivity contribution is 6.10. The smallest absolute Gasteiger partial charge is 0.154 e. The van der Waals surface area contributed by atoms with Crippen LogP contribution in [0.1, 0.15) is 25.0 Å². The zero-order valence-electron chi connectivity index (χ0n) is 12.7. The summed E-state index contributed by atoms with van der Waals surface area (Å²) in [6.07, 6.45) is 0. The van der Waals surface area contributed by atoms with E-state index in [2.05, 4.69) is 23.7 Å². The zero-order chi connectivity index (χ0) is 15.2. The van der Waals surface area contributed by atoms with E-state index in [9.17, 15) is 0 Å². The zero-order valence-corrected chi connectivity index (χ0v) is 12.7. The molecule has 0 saturated carbocycles. The lowest BCUT2D eigenvalue weighted by molar-refractivity contribution is 0.418. The lowest BCUT2D eigenvalue weighted by atomic mass is 10.1. The van der Waals surface area contributed by atoms with Crippen molar-refractivity contribution >= 4 is 11.7 Å². The quantitative estimate of drug-likeness (QED) is 0.673. The van der Waals surface area contributed by atoms with Crippen molar-refractivity contribution in [2.45, 2.75) is 19.9 Å². The molecule has 0 aromatic heterocycles. The standard InChI is InChI=1S/C18H21N3/c1-14(2)21(3)18(16-12-8-5-9-13-16)20-17(19)15-10-6-4-7-11-15/h4-14,19H,1-3H3/b19-17?,20-18-. The fourth-order valence-electron chi connectivity index (χ4n) is 1.95. The Balaban J connectivity index is 2.40. The van der Waals surface area contributed by atoms with Crippen LogP contribution in [0.5, 0.6) is 0 Å². The molecule has 2 rings (SSSR count). The van der Waals surface area contributed by atoms with Gasteiger partial charge < -0.3 is 4.90 Å². The Hall–Kier alpha value is -2.42. The highest BCUT2D eigenvalue weighted by Gasteiger charge is 2.13. The van der Waals surface area contributed by atoms with Gasteiger partial charge in [0.05, 0.1) is 0 Å². The van der Waals surface area contributed by atoms with Crippen LogP contribution in [0.15, 0.2) is 65.7 Å². The summed E-state index contributed by atoms with van der Waals surface area (Å²) in [5.74, 6) is 1.10. The van der Waals surface area contributed by atoms with Crippen LogP contribution in [0.25, 0.3) is 0 Å². The van der Waals surface area contributed by atoms with Crippen LogP contribution < -0.4 is 0 Å². The first-order chi connectivity index (χ1) is 10.1. The number of benzene rings is 2. The van der Waals surface area contributed by atoms with E-state index in [4.69, 9.17) is 5.41 Å². The molecule has 0 amide bonds. The Bertz CT molecular complexity index is 615. The van der Waals surface area contributed by atoms with Crippen molar-refractivity contribution in [1.82, 2.24) is 4.90 Å². The minimum atomic E-state index is 0.280. The van der Waals surface area contributed by atoms with Gasteiger partial charge in [0.2, 0.25) is 0 Å². The molecular weight excluding hydrogens is 258 g/mol. The summed E-state index contributed by atoms with van der Waals surface area (Å²) in [4.78, 5) is 6.65. The fourth-order valence-corrected chi connectivity index (χ4v) is 1.95. The number of hydrogen-bond donors (Lipinski definition) is 1. The van der Waals surface area contributed by atoms with E-state index >= 15 is 0 Å². The van der Waals surface area contributed by atoms with Gasteiger partial charge in [-0.2, -0.15) is 0 Å². The van der Waals surface area contributed by atoms with Crippen LogP contribution in [0.2, 0.25) is 0 Å². The van der Waals surface area contributed by atoms with Crippen molar-refractivity contribution in [3.63, 3.8) is 0 Å². The lowest BCUT2D eigenvalue weighted by Gasteiger charge is -2.25. The summed E-state index contributed by atoms with van der Waals surface area (Å²) in [5.41, 5.74) is 1.84. The molecule has 0 saturated heterocycles. The Morgan fingerprint density at radius 2 is 1.38 bits per heavy atom. The van der Waals surface area contributed by atoms with Crippen molar-refractivity contribution in [3.05, 3.63) is 71.8 Å². The van der Waals surface area contributed by atoms with Crippen molar-refractivity contribution in [2.24, 2.45) is 4.99 Å². The summed E-state index contributed by atoms with van der Waals surface area (Å²) in [5, 5.41) is 8.23. The molecule has 0 unspecified atom stereocenters. The van der Waals surface area contributed by atoms with E-state index in [-0.39, 0.29) is 5.84 Å². The van der Waals surface area contributed by atoms with Gasteiger partial charge in [0.25, 0.3) is 0 Å². The Morgan fingerprint density at radius 3 is 1.86 bits per heavy atom. The van der Waals surface area contributed by atoms with E-state index < -0.39 is 0 Å². The molecule has 0 fully saturated rings. The predicted octanol–water partition coefficient (Wildman–Crippen LogP) is 3.80. The normalized spacial score (nSPS) is 11.5. The van der Waals surface area contributed by atoms with E-state index in [1.807, 2.05) is 67.7 Å². The SMILES string of the molecule is CC(C)N(C)/C(=N\C(=N)c1ccccc1)c1ccccc1. The van der Waals surface area contributed by atoms with Gasteiger partial charge >= 0.3 is 0 Å². The Morgan fingerprint density at radius 1 is 0.905 bits per heavy atom. The molecule has 3 nitrogen and oxygen atoms in total. The largest absolute Gasteiger partial charge is 0.357 e. The molecule has 0 radical (unpaired) electrons. The summed E-state index contributed by atoms with van der Waals surface area (Å²) in [6, 6.07) is 19.9. The molecule has 0 atom stereocenters. The second kappa shape index (κ2) is 6.84. The Labute approximate surface area is 126 Å². The van der Waals surface area contributed by atoms with E-state index in [1.165, 1.54) is 0 Å². The van der Waals surface area contributed by atoms with Crippen molar-refractivity contribution in [3.8, 4) is 0 Å². The van der Waals surface area contributed by atoms with Crippen LogP contribution in [0.4, 0.5) is 0 Å². The van der Waals surface area contributed by atoms with Gasteiger partial charge in [-0.1, -0.05) is 60.7 Å². The highest BCUT2D eigenvalue weighted by atomic mass is 15.2. The number of nitrogens with one attached hydrogen (secondary N) is 1. The number of rotatable bonds is 3. The predicted molar refractivity (Wildman–Crippen MR) is 89.1 cm³/mol. The first-order valence-electron chi connectivity index (χ1n) is 7.10. The highest BCUT2D eigenvalue weighted by Crippen LogP contribution is 2.10. The molecule has 0 aliphatic carbocycles. The van der Waals surface area contributed by atoms with Gasteiger partial charge in [-0.25, -0.2) is 4.99 Å². The molecule has 0 spiro atoms. The fraction of sp³-hybridized carbons (Fsp3) is 0.222. The minimum Gasteiger partial charge on any atom is -0.357 e. The van der Waals surface area contributed by atoms with Crippen LogP contribution in [-0.2, 0) is 0 Å². The van der Waals surface area contributed by atoms with Gasteiger partial charge in [-0.15, -0.1) is 0 Å². The summed E-state index contributed by atoms with van der Waals surface area (Å²) in [7, 11) is 2.01. The third-order valence-electron chi connectivity index (χ3n) is 3.41. The number of hydrogen-bond acceptors (Lipinski definition) is 1. The van der Waals surface area contributed by atoms with Gasteiger partial charge in [0.1, 0.15) is 5.84 Å². The van der Waals surface area contributed by atoms with Gasteiger partial charge in [0, 0.05) is 24.2 Å². The van der Waals surface area contributed by atoms with Crippen LogP contribution in [-0.4, -0.2) is 29.7 Å². The lowest BCUT2D eigenvalue weighted by Crippen LogP contribution is -2.34. The second-order valence-corrected chi connectivity index (χ2v) is 5.22. The molecule has 0 heterocycles. The third-order valence-corrected chi connectivity index (χ3v) is 3.41. The summed E-state index contributed by atoms with van der Waals surface area (Å²) in [6.45, 7) is 4.23. The average molecular weight is 279 g/mol. The molecule has 0 aliphatic heterocycles. The van der Waals surface area contributed by atoms with Gasteiger partial charge in [-0.05, 0) is 13.8 Å².